The van der Waals surface area contributed by atoms with Crippen LogP contribution in [0.3, 0.4) is 0 Å². The lowest BCUT2D eigenvalue weighted by Crippen LogP contribution is -2.39. The highest BCUT2D eigenvalue weighted by Crippen LogP contribution is 2.36. The smallest absolute Gasteiger partial charge is 0.332 e. The fourth-order valence-corrected chi connectivity index (χ4v) is 3.97. The first kappa shape index (κ1) is 15.0. The number of hydrogen-bond donors (Lipinski definition) is 1. The number of para-hydroxylation sites is 1. The number of nitrogens with zero attached hydrogens (tertiary/aromatic N) is 2. The number of urea groups is 1. The summed E-state index contributed by atoms with van der Waals surface area (Å²) in [5.41, 5.74) is 3.70. The molecule has 6 nitrogen and oxygen atoms in total. The lowest BCUT2D eigenvalue weighted by molar-refractivity contribution is -0.119. The number of anilines is 1. The number of carbonyl (C=O) groups is 2. The maximum atomic E-state index is 13.0. The van der Waals surface area contributed by atoms with E-state index in [0.717, 1.165) is 27.9 Å². The van der Waals surface area contributed by atoms with Gasteiger partial charge < -0.3 is 14.6 Å². The number of amides is 3. The molecule has 0 aliphatic carbocycles. The van der Waals surface area contributed by atoms with Crippen LogP contribution >= 0.6 is 0 Å². The summed E-state index contributed by atoms with van der Waals surface area (Å²) in [4.78, 5) is 32.2. The molecule has 2 aromatic carbocycles. The molecule has 0 spiro atoms. The molecule has 1 aromatic heterocycles. The van der Waals surface area contributed by atoms with Gasteiger partial charge >= 0.3 is 6.03 Å². The topological polar surface area (TPSA) is 65.6 Å². The first-order valence-corrected chi connectivity index (χ1v) is 8.54. The average molecular weight is 347 g/mol. The van der Waals surface area contributed by atoms with Crippen LogP contribution in [0.5, 0.6) is 5.75 Å². The van der Waals surface area contributed by atoms with Crippen molar-refractivity contribution in [2.75, 3.05) is 12.0 Å². The molecule has 3 heterocycles. The minimum Gasteiger partial charge on any atom is -0.497 e. The van der Waals surface area contributed by atoms with Crippen molar-refractivity contribution in [3.05, 3.63) is 59.8 Å². The third-order valence-corrected chi connectivity index (χ3v) is 5.26. The second kappa shape index (κ2) is 5.36. The fourth-order valence-electron chi connectivity index (χ4n) is 3.97. The highest BCUT2D eigenvalue weighted by atomic mass is 16.5. The van der Waals surface area contributed by atoms with Crippen LogP contribution < -0.4 is 9.64 Å². The van der Waals surface area contributed by atoms with Crippen LogP contribution in [0.4, 0.5) is 10.5 Å². The van der Waals surface area contributed by atoms with E-state index in [1.165, 1.54) is 4.90 Å². The second-order valence-corrected chi connectivity index (χ2v) is 6.63. The average Bonchev–Trinajstić information content (AvgIpc) is 3.15. The summed E-state index contributed by atoms with van der Waals surface area (Å²) in [6, 6.07) is 14.2. The third kappa shape index (κ3) is 1.98. The first-order valence-electron chi connectivity index (χ1n) is 8.54. The number of carbonyl (C=O) groups excluding carboxylic acids is 2. The van der Waals surface area contributed by atoms with E-state index >= 15 is 0 Å². The Morgan fingerprint density at radius 2 is 1.92 bits per heavy atom. The van der Waals surface area contributed by atoms with Crippen LogP contribution in [0.15, 0.2) is 48.5 Å². The van der Waals surface area contributed by atoms with Crippen molar-refractivity contribution in [1.82, 2.24) is 9.88 Å². The SMILES string of the molecule is COc1ccc2[nH]c3c(c2c1)CC1C(=O)N(c2ccccc2)C(=O)N1C3. The summed E-state index contributed by atoms with van der Waals surface area (Å²) in [6.45, 7) is 0.408. The predicted molar refractivity (Wildman–Crippen MR) is 97.2 cm³/mol. The van der Waals surface area contributed by atoms with Crippen LogP contribution in [-0.4, -0.2) is 35.0 Å². The normalized spacial score (nSPS) is 19.0. The van der Waals surface area contributed by atoms with E-state index in [2.05, 4.69) is 4.98 Å². The van der Waals surface area contributed by atoms with Gasteiger partial charge in [0.05, 0.1) is 19.3 Å². The van der Waals surface area contributed by atoms with Gasteiger partial charge in [0.15, 0.2) is 0 Å². The van der Waals surface area contributed by atoms with Crippen molar-refractivity contribution >= 4 is 28.5 Å². The number of imide groups is 1. The molecule has 1 atom stereocenters. The summed E-state index contributed by atoms with van der Waals surface area (Å²) >= 11 is 0. The summed E-state index contributed by atoms with van der Waals surface area (Å²) in [6.07, 6.45) is 0.510. The van der Waals surface area contributed by atoms with Gasteiger partial charge in [-0.05, 0) is 35.9 Å². The number of fused-ring (bicyclic) bond motifs is 4. The van der Waals surface area contributed by atoms with Gasteiger partial charge in [0, 0.05) is 23.0 Å². The van der Waals surface area contributed by atoms with Gasteiger partial charge in [-0.1, -0.05) is 18.2 Å². The van der Waals surface area contributed by atoms with E-state index in [1.807, 2.05) is 36.4 Å². The van der Waals surface area contributed by atoms with E-state index in [0.29, 0.717) is 18.7 Å². The lowest BCUT2D eigenvalue weighted by atomic mass is 9.97. The highest BCUT2D eigenvalue weighted by Gasteiger charge is 2.48. The monoisotopic (exact) mass is 347 g/mol. The van der Waals surface area contributed by atoms with Gasteiger partial charge in [0.1, 0.15) is 11.8 Å². The molecule has 0 radical (unpaired) electrons. The number of rotatable bonds is 2. The number of ether oxygens (including phenoxy) is 1. The molecule has 0 bridgehead atoms. The molecule has 1 unspecified atom stereocenters. The molecule has 2 aliphatic heterocycles. The summed E-state index contributed by atoms with van der Waals surface area (Å²) in [5.74, 6) is 0.616. The van der Waals surface area contributed by atoms with Gasteiger partial charge in [-0.15, -0.1) is 0 Å². The number of benzene rings is 2. The molecule has 3 amide bonds. The van der Waals surface area contributed by atoms with Gasteiger partial charge in [0.25, 0.3) is 5.91 Å². The minimum atomic E-state index is -0.458. The molecule has 5 rings (SSSR count). The maximum absolute atomic E-state index is 13.0. The molecule has 1 fully saturated rings. The van der Waals surface area contributed by atoms with Crippen molar-refractivity contribution in [2.24, 2.45) is 0 Å². The molecule has 1 N–H and O–H groups in total. The van der Waals surface area contributed by atoms with Crippen LogP contribution in [0.2, 0.25) is 0 Å². The van der Waals surface area contributed by atoms with Crippen molar-refractivity contribution in [1.29, 1.82) is 0 Å². The molecular weight excluding hydrogens is 330 g/mol. The summed E-state index contributed by atoms with van der Waals surface area (Å²) in [5, 5.41) is 1.05. The van der Waals surface area contributed by atoms with Gasteiger partial charge in [-0.2, -0.15) is 0 Å². The Labute approximate surface area is 150 Å². The quantitative estimate of drug-likeness (QED) is 0.725. The third-order valence-electron chi connectivity index (χ3n) is 5.26. The first-order chi connectivity index (χ1) is 12.7. The number of aromatic nitrogens is 1. The molecule has 130 valence electrons. The van der Waals surface area contributed by atoms with Crippen molar-refractivity contribution < 1.29 is 14.3 Å². The minimum absolute atomic E-state index is 0.163. The zero-order valence-corrected chi connectivity index (χ0v) is 14.2. The Hall–Kier alpha value is -3.28. The van der Waals surface area contributed by atoms with E-state index in [4.69, 9.17) is 4.74 Å². The largest absolute Gasteiger partial charge is 0.497 e. The van der Waals surface area contributed by atoms with Crippen LogP contribution in [0, 0.1) is 0 Å². The van der Waals surface area contributed by atoms with Crippen LogP contribution in [-0.2, 0) is 17.8 Å². The van der Waals surface area contributed by atoms with Gasteiger partial charge in [-0.3, -0.25) is 4.79 Å². The number of H-pyrrole nitrogens is 1. The Balaban J connectivity index is 1.56. The van der Waals surface area contributed by atoms with E-state index < -0.39 is 6.04 Å². The summed E-state index contributed by atoms with van der Waals surface area (Å²) < 4.78 is 5.33. The zero-order valence-electron chi connectivity index (χ0n) is 14.2. The van der Waals surface area contributed by atoms with E-state index in [1.54, 1.807) is 24.1 Å². The fraction of sp³-hybridized carbons (Fsp3) is 0.200. The molecule has 2 aliphatic rings. The number of hydrogen-bond acceptors (Lipinski definition) is 3. The van der Waals surface area contributed by atoms with E-state index in [9.17, 15) is 9.59 Å². The standard InChI is InChI=1S/C20H17N3O3/c1-26-13-7-8-16-14(9-13)15-10-18-19(24)23(12-5-3-2-4-6-12)20(25)22(18)11-17(15)21-16/h2-9,18,21H,10-11H2,1H3. The zero-order chi connectivity index (χ0) is 17.8. The van der Waals surface area contributed by atoms with Crippen molar-refractivity contribution in [3.8, 4) is 5.75 Å². The maximum Gasteiger partial charge on any atom is 0.332 e. The predicted octanol–water partition coefficient (Wildman–Crippen LogP) is 3.07. The van der Waals surface area contributed by atoms with Crippen molar-refractivity contribution in [2.45, 2.75) is 19.0 Å². The van der Waals surface area contributed by atoms with E-state index in [-0.39, 0.29) is 11.9 Å². The molecular formula is C20H17N3O3. The summed E-state index contributed by atoms with van der Waals surface area (Å²) in [7, 11) is 1.64. The Bertz CT molecular complexity index is 1040. The number of methoxy groups -OCH3 is 1. The molecule has 3 aromatic rings. The number of aromatic amines is 1. The van der Waals surface area contributed by atoms with Gasteiger partial charge in [0.2, 0.25) is 0 Å². The van der Waals surface area contributed by atoms with Crippen LogP contribution in [0.1, 0.15) is 11.3 Å². The highest BCUT2D eigenvalue weighted by molar-refractivity contribution is 6.21. The molecule has 0 saturated carbocycles. The lowest BCUT2D eigenvalue weighted by Gasteiger charge is -2.26. The van der Waals surface area contributed by atoms with Gasteiger partial charge in [-0.25, -0.2) is 9.69 Å². The van der Waals surface area contributed by atoms with Crippen molar-refractivity contribution in [3.63, 3.8) is 0 Å². The molecule has 6 heteroatoms. The second-order valence-electron chi connectivity index (χ2n) is 6.63. The Morgan fingerprint density at radius 3 is 2.69 bits per heavy atom. The molecule has 26 heavy (non-hydrogen) atoms. The Kier molecular flexibility index (Phi) is 3.09. The molecule has 1 saturated heterocycles. The Morgan fingerprint density at radius 1 is 1.12 bits per heavy atom. The number of nitrogens with one attached hydrogen (secondary N) is 1. The van der Waals surface area contributed by atoms with Crippen LogP contribution in [0.25, 0.3) is 10.9 Å².